The third-order valence-corrected chi connectivity index (χ3v) is 3.70. The van der Waals surface area contributed by atoms with Crippen LogP contribution in [-0.4, -0.2) is 23.8 Å². The summed E-state index contributed by atoms with van der Waals surface area (Å²) in [6, 6.07) is 6.51. The molecule has 0 saturated heterocycles. The molecule has 1 aliphatic carbocycles. The third-order valence-electron chi connectivity index (χ3n) is 3.30. The van der Waals surface area contributed by atoms with Gasteiger partial charge in [-0.2, -0.15) is 0 Å². The summed E-state index contributed by atoms with van der Waals surface area (Å²) in [6.07, 6.45) is 0.578. The van der Waals surface area contributed by atoms with Gasteiger partial charge in [-0.25, -0.2) is 4.79 Å². The van der Waals surface area contributed by atoms with Gasteiger partial charge in [0.2, 0.25) is 0 Å². The zero-order chi connectivity index (χ0) is 15.6. The lowest BCUT2D eigenvalue weighted by Gasteiger charge is -2.19. The van der Waals surface area contributed by atoms with E-state index >= 15 is 0 Å². The molecule has 0 heterocycles. The Bertz CT molecular complexity index is 525. The number of hydrogen-bond donors (Lipinski definition) is 2. The number of carbonyl (C=O) groups excluding carboxylic acids is 1. The minimum absolute atomic E-state index is 0.153. The van der Waals surface area contributed by atoms with Gasteiger partial charge < -0.3 is 15.4 Å². The molecule has 1 aromatic carbocycles. The molecule has 2 rings (SSSR count). The molecule has 0 spiro atoms. The van der Waals surface area contributed by atoms with E-state index in [2.05, 4.69) is 16.7 Å². The van der Waals surface area contributed by atoms with Crippen LogP contribution in [0.2, 0.25) is 5.02 Å². The lowest BCUT2D eigenvalue weighted by atomic mass is 10.1. The molecule has 0 radical (unpaired) electrons. The molecule has 5 heteroatoms. The zero-order valence-corrected chi connectivity index (χ0v) is 13.8. The maximum Gasteiger partial charge on any atom is 0.407 e. The molecule has 0 aliphatic heterocycles. The zero-order valence-electron chi connectivity index (χ0n) is 13.0. The van der Waals surface area contributed by atoms with Gasteiger partial charge in [0.1, 0.15) is 5.60 Å². The van der Waals surface area contributed by atoms with Gasteiger partial charge in [0.25, 0.3) is 0 Å². The molecule has 4 nitrogen and oxygen atoms in total. The van der Waals surface area contributed by atoms with Crippen LogP contribution >= 0.6 is 11.6 Å². The van der Waals surface area contributed by atoms with Crippen molar-refractivity contribution in [1.29, 1.82) is 0 Å². The van der Waals surface area contributed by atoms with Crippen LogP contribution in [0.5, 0.6) is 0 Å². The smallest absolute Gasteiger partial charge is 0.407 e. The molecular formula is C16H23ClN2O2. The van der Waals surface area contributed by atoms with Gasteiger partial charge in [-0.3, -0.25) is 0 Å². The number of nitrogens with one attached hydrogen (secondary N) is 2. The summed E-state index contributed by atoms with van der Waals surface area (Å²) in [5.41, 5.74) is 1.77. The number of ether oxygens (including phenoxy) is 1. The molecule has 0 bridgehead atoms. The molecule has 1 amide bonds. The van der Waals surface area contributed by atoms with Crippen LogP contribution in [0, 0.1) is 6.92 Å². The van der Waals surface area contributed by atoms with E-state index in [-0.39, 0.29) is 12.1 Å². The van der Waals surface area contributed by atoms with Crippen LogP contribution in [-0.2, 0) is 11.3 Å². The van der Waals surface area contributed by atoms with Crippen LogP contribution in [0.15, 0.2) is 18.2 Å². The summed E-state index contributed by atoms with van der Waals surface area (Å²) in [7, 11) is 0. The van der Waals surface area contributed by atoms with E-state index in [4.69, 9.17) is 16.3 Å². The first-order valence-electron chi connectivity index (χ1n) is 7.22. The Labute approximate surface area is 131 Å². The highest BCUT2D eigenvalue weighted by Crippen LogP contribution is 2.23. The quantitative estimate of drug-likeness (QED) is 0.896. The van der Waals surface area contributed by atoms with Crippen molar-refractivity contribution in [2.24, 2.45) is 0 Å². The van der Waals surface area contributed by atoms with Gasteiger partial charge in [0, 0.05) is 23.7 Å². The first-order valence-corrected chi connectivity index (χ1v) is 7.60. The van der Waals surface area contributed by atoms with Crippen molar-refractivity contribution in [3.63, 3.8) is 0 Å². The lowest BCUT2D eigenvalue weighted by molar-refractivity contribution is 0.0522. The maximum absolute atomic E-state index is 11.6. The molecule has 2 unspecified atom stereocenters. The molecule has 2 N–H and O–H groups in total. The Morgan fingerprint density at radius 1 is 1.38 bits per heavy atom. The van der Waals surface area contributed by atoms with E-state index in [0.717, 1.165) is 29.1 Å². The van der Waals surface area contributed by atoms with Crippen molar-refractivity contribution in [1.82, 2.24) is 10.6 Å². The van der Waals surface area contributed by atoms with Crippen LogP contribution in [0.25, 0.3) is 0 Å². The molecule has 116 valence electrons. The number of alkyl carbamates (subject to hydrolysis) is 1. The Hall–Kier alpha value is -1.26. The van der Waals surface area contributed by atoms with Crippen LogP contribution < -0.4 is 10.6 Å². The molecule has 1 fully saturated rings. The van der Waals surface area contributed by atoms with Crippen molar-refractivity contribution in [3.8, 4) is 0 Å². The van der Waals surface area contributed by atoms with E-state index < -0.39 is 5.60 Å². The SMILES string of the molecule is Cc1ccc(CNC2CC2NC(=O)OC(C)(C)C)cc1Cl. The summed E-state index contributed by atoms with van der Waals surface area (Å²) < 4.78 is 5.23. The second-order valence-electron chi connectivity index (χ2n) is 6.56. The second kappa shape index (κ2) is 6.24. The van der Waals surface area contributed by atoms with Crippen molar-refractivity contribution >= 4 is 17.7 Å². The summed E-state index contributed by atoms with van der Waals surface area (Å²) >= 11 is 6.10. The molecule has 0 aromatic heterocycles. The Balaban J connectivity index is 1.72. The topological polar surface area (TPSA) is 50.4 Å². The van der Waals surface area contributed by atoms with Crippen LogP contribution in [0.1, 0.15) is 38.3 Å². The minimum atomic E-state index is -0.458. The molecular weight excluding hydrogens is 288 g/mol. The number of benzene rings is 1. The molecule has 2 atom stereocenters. The second-order valence-corrected chi connectivity index (χ2v) is 6.97. The van der Waals surface area contributed by atoms with E-state index in [1.807, 2.05) is 39.8 Å². The fraction of sp³-hybridized carbons (Fsp3) is 0.562. The van der Waals surface area contributed by atoms with Gasteiger partial charge >= 0.3 is 6.09 Å². The Morgan fingerprint density at radius 3 is 2.71 bits per heavy atom. The fourth-order valence-corrected chi connectivity index (χ4v) is 2.24. The van der Waals surface area contributed by atoms with Gasteiger partial charge in [-0.05, 0) is 51.3 Å². The minimum Gasteiger partial charge on any atom is -0.444 e. The first kappa shape index (κ1) is 16.1. The highest BCUT2D eigenvalue weighted by Gasteiger charge is 2.38. The van der Waals surface area contributed by atoms with Gasteiger partial charge in [-0.1, -0.05) is 23.7 Å². The predicted octanol–water partition coefficient (Wildman–Crippen LogP) is 3.40. The van der Waals surface area contributed by atoms with E-state index in [1.165, 1.54) is 0 Å². The van der Waals surface area contributed by atoms with Gasteiger partial charge in [0.05, 0.1) is 0 Å². The lowest BCUT2D eigenvalue weighted by Crippen LogP contribution is -2.36. The average molecular weight is 311 g/mol. The number of hydrogen-bond acceptors (Lipinski definition) is 3. The maximum atomic E-state index is 11.6. The summed E-state index contributed by atoms with van der Waals surface area (Å²) in [6.45, 7) is 8.31. The van der Waals surface area contributed by atoms with Gasteiger partial charge in [-0.15, -0.1) is 0 Å². The average Bonchev–Trinajstić information content (AvgIpc) is 3.06. The largest absolute Gasteiger partial charge is 0.444 e. The highest BCUT2D eigenvalue weighted by atomic mass is 35.5. The van der Waals surface area contributed by atoms with E-state index in [0.29, 0.717) is 6.04 Å². The first-order chi connectivity index (χ1) is 9.74. The molecule has 1 aliphatic rings. The normalized spacial score (nSPS) is 21.0. The predicted molar refractivity (Wildman–Crippen MR) is 84.6 cm³/mol. The fourth-order valence-electron chi connectivity index (χ4n) is 2.03. The molecule has 21 heavy (non-hydrogen) atoms. The monoisotopic (exact) mass is 310 g/mol. The Morgan fingerprint density at radius 2 is 2.10 bits per heavy atom. The number of rotatable bonds is 4. The van der Waals surface area contributed by atoms with Crippen molar-refractivity contribution in [2.45, 2.75) is 58.3 Å². The highest BCUT2D eigenvalue weighted by molar-refractivity contribution is 6.31. The van der Waals surface area contributed by atoms with Crippen molar-refractivity contribution < 1.29 is 9.53 Å². The number of aryl methyl sites for hydroxylation is 1. The van der Waals surface area contributed by atoms with Crippen molar-refractivity contribution in [3.05, 3.63) is 34.3 Å². The third kappa shape index (κ3) is 5.21. The summed E-state index contributed by atoms with van der Waals surface area (Å²) in [5, 5.41) is 7.06. The van der Waals surface area contributed by atoms with Crippen LogP contribution in [0.3, 0.4) is 0 Å². The van der Waals surface area contributed by atoms with Crippen molar-refractivity contribution in [2.75, 3.05) is 0 Å². The number of halogens is 1. The van der Waals surface area contributed by atoms with E-state index in [1.54, 1.807) is 0 Å². The van der Waals surface area contributed by atoms with E-state index in [9.17, 15) is 4.79 Å². The van der Waals surface area contributed by atoms with Gasteiger partial charge in [0.15, 0.2) is 0 Å². The standard InChI is InChI=1S/C16H23ClN2O2/c1-10-5-6-11(7-12(10)17)9-18-13-8-14(13)19-15(20)21-16(2,3)4/h5-7,13-14,18H,8-9H2,1-4H3,(H,19,20). The molecule has 1 aromatic rings. The number of carbonyl (C=O) groups is 1. The summed E-state index contributed by atoms with van der Waals surface area (Å²) in [5.74, 6) is 0. The van der Waals surface area contributed by atoms with Crippen LogP contribution in [0.4, 0.5) is 4.79 Å². The Kier molecular flexibility index (Phi) is 4.79. The summed E-state index contributed by atoms with van der Waals surface area (Å²) in [4.78, 5) is 11.6. The number of amides is 1. The molecule has 1 saturated carbocycles.